The van der Waals surface area contributed by atoms with Gasteiger partial charge in [-0.1, -0.05) is 89.9 Å². The summed E-state index contributed by atoms with van der Waals surface area (Å²) in [7, 11) is 0. The number of nitrogens with zero attached hydrogens (tertiary/aromatic N) is 3. The van der Waals surface area contributed by atoms with E-state index in [0.29, 0.717) is 51.8 Å². The Balaban J connectivity index is 0.000000179. The summed E-state index contributed by atoms with van der Waals surface area (Å²) >= 11 is 35.7. The van der Waals surface area contributed by atoms with Crippen LogP contribution in [0.1, 0.15) is 104 Å². The number of carbonyl (C=O) groups excluding carboxylic acids is 4. The second-order valence-electron chi connectivity index (χ2n) is 18.7. The first-order chi connectivity index (χ1) is 39.0. The summed E-state index contributed by atoms with van der Waals surface area (Å²) in [5.74, 6) is -9.59. The maximum atomic E-state index is 14.3. The molecular weight excluding hydrogens is 1210 g/mol. The summed E-state index contributed by atoms with van der Waals surface area (Å²) in [5, 5.41) is 50.8. The van der Waals surface area contributed by atoms with E-state index in [-0.39, 0.29) is 92.9 Å². The SMILES string of the molecule is CCCC(C(=O)O)c1c(C)n(C(=O)c2ccc(Cl)c(Cl)c2)c2cc(F)c(O)cc12.CCc1c(O)c(F)cc2c1c(OC(C)=O)c(C)n2C(=O)c1ccc(Cl)c(Cl)c1.Cc1c(CC(=O)O)c2cc(O)c(F)cc2n1C(=O)c1ccc(Cl)c(Cl)c1. The molecule has 1 unspecified atom stereocenters. The Morgan fingerprint density at radius 1 is 0.542 bits per heavy atom. The third-order valence-electron chi connectivity index (χ3n) is 13.5. The average Bonchev–Trinajstić information content (AvgIpc) is 3.84. The standard InChI is InChI=1S/C21H18Cl2FNO4.C20H16Cl2FNO4.C18H12Cl2FNO4/c1-3-4-12(21(28)29)19-10(2)25(17-9-16(24)18(26)8-13(17)19)20(27)11-5-6-14(22)15(23)7-11;1-4-12-17-16(8-15(23)18(12)26)24(9(2)19(17)28-10(3)25)20(27)11-5-6-13(21)14(22)7-11;1-8-10(6-17(24)25)11-5-16(23)14(21)7-15(11)22(8)18(26)9-2-3-12(19)13(20)4-9/h5-9,12,26H,3-4H2,1-2H3,(H,28,29);5-8,26H,4H2,1-3H3;2-5,7,23H,6H2,1H3,(H,24,25). The minimum atomic E-state index is -1.11. The van der Waals surface area contributed by atoms with Gasteiger partial charge in [-0.15, -0.1) is 0 Å². The molecule has 0 spiro atoms. The maximum absolute atomic E-state index is 14.3. The topological polar surface area (TPSA) is 228 Å². The highest BCUT2D eigenvalue weighted by Crippen LogP contribution is 2.43. The van der Waals surface area contributed by atoms with Crippen LogP contribution in [0.5, 0.6) is 23.0 Å². The number of benzene rings is 6. The monoisotopic (exact) mass is 1260 g/mol. The molecule has 0 saturated carbocycles. The Kier molecular flexibility index (Phi) is 19.3. The highest BCUT2D eigenvalue weighted by molar-refractivity contribution is 6.43. The Labute approximate surface area is 500 Å². The quantitative estimate of drug-likeness (QED) is 0.0762. The van der Waals surface area contributed by atoms with Gasteiger partial charge in [0.05, 0.1) is 70.1 Å². The van der Waals surface area contributed by atoms with Gasteiger partial charge in [0.25, 0.3) is 17.7 Å². The fraction of sp³-hybridized carbons (Fsp3) is 0.186. The van der Waals surface area contributed by atoms with Crippen LogP contribution >= 0.6 is 69.6 Å². The number of esters is 1. The van der Waals surface area contributed by atoms with Crippen molar-refractivity contribution in [3.8, 4) is 23.0 Å². The van der Waals surface area contributed by atoms with Crippen LogP contribution in [0.3, 0.4) is 0 Å². The Morgan fingerprint density at radius 3 is 1.37 bits per heavy atom. The van der Waals surface area contributed by atoms with Crippen LogP contribution in [0.25, 0.3) is 32.7 Å². The zero-order valence-corrected chi connectivity index (χ0v) is 48.9. The number of phenols is 3. The van der Waals surface area contributed by atoms with Gasteiger partial charge in [0, 0.05) is 69.5 Å². The fourth-order valence-corrected chi connectivity index (χ4v) is 10.6. The zero-order chi connectivity index (χ0) is 61.4. The second kappa shape index (κ2) is 25.4. The maximum Gasteiger partial charge on any atom is 0.311 e. The number of rotatable bonds is 11. The van der Waals surface area contributed by atoms with E-state index in [1.807, 2.05) is 6.92 Å². The van der Waals surface area contributed by atoms with Crippen LogP contribution in [0.4, 0.5) is 13.2 Å². The molecule has 0 saturated heterocycles. The summed E-state index contributed by atoms with van der Waals surface area (Å²) in [6.07, 6.45) is 0.805. The van der Waals surface area contributed by atoms with Crippen molar-refractivity contribution in [3.05, 3.63) is 183 Å². The Hall–Kier alpha value is -7.71. The fourth-order valence-electron chi connectivity index (χ4n) is 9.67. The molecule has 3 aromatic heterocycles. The van der Waals surface area contributed by atoms with E-state index < -0.39 is 76.2 Å². The molecule has 5 N–H and O–H groups in total. The number of aliphatic carboxylic acids is 2. The number of aromatic hydroxyl groups is 3. The lowest BCUT2D eigenvalue weighted by atomic mass is 9.92. The third-order valence-corrected chi connectivity index (χ3v) is 15.7. The number of hydrogen-bond donors (Lipinski definition) is 5. The van der Waals surface area contributed by atoms with Gasteiger partial charge in [0.2, 0.25) is 0 Å². The number of phenolic OH excluding ortho intramolecular Hbond substituents is 3. The third kappa shape index (κ3) is 12.5. The Bertz CT molecular complexity index is 4190. The predicted molar refractivity (Wildman–Crippen MR) is 311 cm³/mol. The highest BCUT2D eigenvalue weighted by Gasteiger charge is 2.31. The summed E-state index contributed by atoms with van der Waals surface area (Å²) in [6, 6.07) is 18.4. The normalized spacial score (nSPS) is 11.5. The van der Waals surface area contributed by atoms with Crippen molar-refractivity contribution in [2.24, 2.45) is 0 Å². The van der Waals surface area contributed by atoms with Crippen LogP contribution in [0, 0.1) is 38.2 Å². The van der Waals surface area contributed by atoms with Gasteiger partial charge in [0.1, 0.15) is 0 Å². The molecule has 15 nitrogen and oxygen atoms in total. The van der Waals surface area contributed by atoms with E-state index in [1.165, 1.54) is 75.2 Å². The number of ether oxygens (including phenoxy) is 1. The summed E-state index contributed by atoms with van der Waals surface area (Å²) in [4.78, 5) is 74.1. The van der Waals surface area contributed by atoms with Crippen molar-refractivity contribution < 1.29 is 72.2 Å². The van der Waals surface area contributed by atoms with Crippen molar-refractivity contribution in [2.75, 3.05) is 0 Å². The molecule has 0 radical (unpaired) electrons. The van der Waals surface area contributed by atoms with Crippen molar-refractivity contribution in [2.45, 2.75) is 73.1 Å². The van der Waals surface area contributed by atoms with Crippen molar-refractivity contribution >= 4 is 138 Å². The molecule has 1 atom stereocenters. The molecule has 0 bridgehead atoms. The van der Waals surface area contributed by atoms with E-state index in [2.05, 4.69) is 0 Å². The van der Waals surface area contributed by atoms with Gasteiger partial charge in [-0.05, 0) is 111 Å². The van der Waals surface area contributed by atoms with Crippen LogP contribution in [0.2, 0.25) is 30.1 Å². The lowest BCUT2D eigenvalue weighted by molar-refractivity contribution is -0.139. The van der Waals surface area contributed by atoms with E-state index in [0.717, 1.165) is 30.3 Å². The summed E-state index contributed by atoms with van der Waals surface area (Å²) < 4.78 is 51.4. The minimum absolute atomic E-state index is 0.100. The molecule has 0 amide bonds. The first kappa shape index (κ1) is 62.9. The molecule has 6 aromatic carbocycles. The molecule has 0 fully saturated rings. The lowest BCUT2D eigenvalue weighted by Gasteiger charge is -2.13. The summed E-state index contributed by atoms with van der Waals surface area (Å²) in [6.45, 7) is 9.52. The molecule has 83 heavy (non-hydrogen) atoms. The van der Waals surface area contributed by atoms with Crippen molar-refractivity contribution in [1.29, 1.82) is 0 Å². The molecule has 3 heterocycles. The second-order valence-corrected chi connectivity index (χ2v) is 21.1. The molecule has 432 valence electrons. The number of aromatic nitrogens is 3. The Morgan fingerprint density at radius 2 is 0.964 bits per heavy atom. The van der Waals surface area contributed by atoms with Gasteiger partial charge < -0.3 is 30.3 Å². The van der Waals surface area contributed by atoms with Crippen LogP contribution in [-0.2, 0) is 27.2 Å². The van der Waals surface area contributed by atoms with Gasteiger partial charge in [-0.3, -0.25) is 42.5 Å². The van der Waals surface area contributed by atoms with Crippen LogP contribution in [0.15, 0.2) is 84.9 Å². The summed E-state index contributed by atoms with van der Waals surface area (Å²) in [5.41, 5.74) is 3.07. The average molecular weight is 1260 g/mol. The lowest BCUT2D eigenvalue weighted by Crippen LogP contribution is -2.16. The highest BCUT2D eigenvalue weighted by atomic mass is 35.5. The van der Waals surface area contributed by atoms with E-state index in [4.69, 9.17) is 79.4 Å². The van der Waals surface area contributed by atoms with Crippen molar-refractivity contribution in [1.82, 2.24) is 13.7 Å². The van der Waals surface area contributed by atoms with Gasteiger partial charge >= 0.3 is 17.9 Å². The van der Waals surface area contributed by atoms with Gasteiger partial charge in [0.15, 0.2) is 40.4 Å². The first-order valence-electron chi connectivity index (χ1n) is 24.8. The predicted octanol–water partition coefficient (Wildman–Crippen LogP) is 15.5. The van der Waals surface area contributed by atoms with Gasteiger partial charge in [-0.25, -0.2) is 13.2 Å². The van der Waals surface area contributed by atoms with Crippen LogP contribution < -0.4 is 4.74 Å². The van der Waals surface area contributed by atoms with Crippen LogP contribution in [-0.4, -0.2) is 74.9 Å². The molecular formula is C59H46Cl6F3N3O12. The van der Waals surface area contributed by atoms with Gasteiger partial charge in [-0.2, -0.15) is 0 Å². The number of aryl methyl sites for hydroxylation is 1. The number of carbonyl (C=O) groups is 6. The van der Waals surface area contributed by atoms with E-state index >= 15 is 0 Å². The molecule has 9 rings (SSSR count). The number of halogens is 9. The number of fused-ring (bicyclic) bond motifs is 3. The molecule has 0 aliphatic carbocycles. The largest absolute Gasteiger partial charge is 0.505 e. The smallest absolute Gasteiger partial charge is 0.311 e. The first-order valence-corrected chi connectivity index (χ1v) is 27.0. The molecule has 0 aliphatic rings. The zero-order valence-electron chi connectivity index (χ0n) is 44.3. The number of carboxylic acids is 2. The molecule has 9 aromatic rings. The van der Waals surface area contributed by atoms with E-state index in [1.54, 1.807) is 27.7 Å². The number of carboxylic acid groups (broad SMARTS) is 2. The molecule has 24 heteroatoms. The van der Waals surface area contributed by atoms with Crippen molar-refractivity contribution in [3.63, 3.8) is 0 Å². The minimum Gasteiger partial charge on any atom is -0.505 e. The molecule has 0 aliphatic heterocycles. The van der Waals surface area contributed by atoms with E-state index in [9.17, 15) is 62.4 Å². The number of hydrogen-bond acceptors (Lipinski definition) is 10.